The first-order valence-electron chi connectivity index (χ1n) is 5.02. The van der Waals surface area contributed by atoms with E-state index >= 15 is 0 Å². The Morgan fingerprint density at radius 2 is 2.06 bits per heavy atom. The van der Waals surface area contributed by atoms with Crippen molar-refractivity contribution in [3.63, 3.8) is 0 Å². The van der Waals surface area contributed by atoms with Crippen molar-refractivity contribution in [1.82, 2.24) is 9.97 Å². The third-order valence-corrected chi connectivity index (χ3v) is 3.45. The molecule has 1 N–H and O–H groups in total. The highest BCUT2D eigenvalue weighted by Crippen LogP contribution is 2.27. The molecule has 0 fully saturated rings. The summed E-state index contributed by atoms with van der Waals surface area (Å²) in [5.74, 6) is -0.345. The van der Waals surface area contributed by atoms with Gasteiger partial charge in [-0.2, -0.15) is 0 Å². The maximum Gasteiger partial charge on any atom is 0.146 e. The van der Waals surface area contributed by atoms with Crippen LogP contribution >= 0.6 is 28.1 Å². The van der Waals surface area contributed by atoms with Gasteiger partial charge in [0.05, 0.1) is 10.2 Å². The Hall–Kier alpha value is -1.07. The Bertz CT molecular complexity index is 637. The molecule has 0 spiro atoms. The molecule has 88 valence electrons. The Labute approximate surface area is 112 Å². The molecule has 2 nitrogen and oxygen atoms in total. The van der Waals surface area contributed by atoms with Crippen LogP contribution < -0.4 is 0 Å². The first kappa shape index (κ1) is 12.4. The molecular weight excluding hydrogens is 303 g/mol. The third kappa shape index (κ3) is 2.30. The number of nitrogens with one attached hydrogen (secondary N) is 1. The quantitative estimate of drug-likeness (QED) is 0.794. The molecule has 0 radical (unpaired) electrons. The first-order chi connectivity index (χ1) is 8.00. The number of aromatic nitrogens is 2. The Kier molecular flexibility index (Phi) is 3.40. The minimum absolute atomic E-state index is 0.345. The molecule has 1 aromatic carbocycles. The molecule has 0 aliphatic rings. The van der Waals surface area contributed by atoms with E-state index in [2.05, 4.69) is 25.9 Å². The summed E-state index contributed by atoms with van der Waals surface area (Å²) in [6, 6.07) is 5.07. The summed E-state index contributed by atoms with van der Waals surface area (Å²) < 4.78 is 14.8. The van der Waals surface area contributed by atoms with Crippen molar-refractivity contribution in [2.75, 3.05) is 0 Å². The first-order valence-corrected chi connectivity index (χ1v) is 6.22. The summed E-state index contributed by atoms with van der Waals surface area (Å²) in [7, 11) is 0. The van der Waals surface area contributed by atoms with E-state index in [1.54, 1.807) is 18.2 Å². The van der Waals surface area contributed by atoms with E-state index in [1.165, 1.54) is 0 Å². The highest BCUT2D eigenvalue weighted by molar-refractivity contribution is 9.10. The van der Waals surface area contributed by atoms with Crippen molar-refractivity contribution in [2.45, 2.75) is 13.8 Å². The number of aromatic amines is 1. The number of aryl methyl sites for hydroxylation is 2. The molecule has 17 heavy (non-hydrogen) atoms. The SMILES string of the molecule is Cc1nc(-c2cccc(Br)c2F)c(=S)[nH]c1C. The van der Waals surface area contributed by atoms with Gasteiger partial charge in [-0.15, -0.1) is 0 Å². The Morgan fingerprint density at radius 3 is 2.76 bits per heavy atom. The summed E-state index contributed by atoms with van der Waals surface area (Å²) in [6.07, 6.45) is 0. The zero-order chi connectivity index (χ0) is 12.6. The molecule has 0 saturated heterocycles. The van der Waals surface area contributed by atoms with E-state index in [9.17, 15) is 4.39 Å². The lowest BCUT2D eigenvalue weighted by Crippen LogP contribution is -1.98. The van der Waals surface area contributed by atoms with Crippen LogP contribution in [0.3, 0.4) is 0 Å². The van der Waals surface area contributed by atoms with Crippen molar-refractivity contribution >= 4 is 28.1 Å². The Morgan fingerprint density at radius 1 is 1.35 bits per heavy atom. The topological polar surface area (TPSA) is 28.7 Å². The second kappa shape index (κ2) is 4.66. The van der Waals surface area contributed by atoms with E-state index < -0.39 is 0 Å². The minimum atomic E-state index is -0.345. The van der Waals surface area contributed by atoms with Crippen LogP contribution in [-0.4, -0.2) is 9.97 Å². The van der Waals surface area contributed by atoms with Crippen molar-refractivity contribution in [3.05, 3.63) is 44.5 Å². The van der Waals surface area contributed by atoms with Crippen molar-refractivity contribution in [2.24, 2.45) is 0 Å². The lowest BCUT2D eigenvalue weighted by atomic mass is 10.1. The van der Waals surface area contributed by atoms with Gasteiger partial charge in [0.25, 0.3) is 0 Å². The lowest BCUT2D eigenvalue weighted by molar-refractivity contribution is 0.624. The molecular formula is C12H10BrFN2S. The second-order valence-electron chi connectivity index (χ2n) is 3.73. The number of rotatable bonds is 1. The van der Waals surface area contributed by atoms with Gasteiger partial charge in [0.1, 0.15) is 16.2 Å². The van der Waals surface area contributed by atoms with Crippen LogP contribution in [0.1, 0.15) is 11.4 Å². The van der Waals surface area contributed by atoms with E-state index in [-0.39, 0.29) is 5.82 Å². The van der Waals surface area contributed by atoms with Gasteiger partial charge in [0.2, 0.25) is 0 Å². The van der Waals surface area contributed by atoms with Gasteiger partial charge < -0.3 is 4.98 Å². The van der Waals surface area contributed by atoms with Crippen LogP contribution in [0.5, 0.6) is 0 Å². The molecule has 2 rings (SSSR count). The highest BCUT2D eigenvalue weighted by atomic mass is 79.9. The van der Waals surface area contributed by atoms with Gasteiger partial charge in [0.15, 0.2) is 0 Å². The number of nitrogens with zero attached hydrogens (tertiary/aromatic N) is 1. The smallest absolute Gasteiger partial charge is 0.146 e. The fourth-order valence-corrected chi connectivity index (χ4v) is 2.17. The van der Waals surface area contributed by atoms with Crippen molar-refractivity contribution < 1.29 is 4.39 Å². The van der Waals surface area contributed by atoms with E-state index in [0.29, 0.717) is 20.4 Å². The van der Waals surface area contributed by atoms with Crippen LogP contribution in [-0.2, 0) is 0 Å². The largest absolute Gasteiger partial charge is 0.347 e. The van der Waals surface area contributed by atoms with Crippen LogP contribution in [0.15, 0.2) is 22.7 Å². The molecule has 0 atom stereocenters. The van der Waals surface area contributed by atoms with Crippen LogP contribution in [0, 0.1) is 24.3 Å². The van der Waals surface area contributed by atoms with Crippen molar-refractivity contribution in [1.29, 1.82) is 0 Å². The van der Waals surface area contributed by atoms with Crippen molar-refractivity contribution in [3.8, 4) is 11.3 Å². The summed E-state index contributed by atoms with van der Waals surface area (Å²) >= 11 is 8.34. The zero-order valence-corrected chi connectivity index (χ0v) is 11.7. The molecule has 5 heteroatoms. The maximum atomic E-state index is 14.0. The Balaban J connectivity index is 2.73. The van der Waals surface area contributed by atoms with Gasteiger partial charge in [0, 0.05) is 11.3 Å². The number of benzene rings is 1. The molecule has 0 aliphatic heterocycles. The van der Waals surface area contributed by atoms with E-state index in [1.807, 2.05) is 13.8 Å². The molecule has 0 saturated carbocycles. The number of hydrogen-bond acceptors (Lipinski definition) is 2. The molecule has 2 aromatic rings. The third-order valence-electron chi connectivity index (χ3n) is 2.55. The lowest BCUT2D eigenvalue weighted by Gasteiger charge is -2.07. The monoisotopic (exact) mass is 312 g/mol. The standard InChI is InChI=1S/C12H10BrFN2S/c1-6-7(2)16-12(17)11(15-6)8-4-3-5-9(13)10(8)14/h3-5H,1-2H3,(H,16,17). The van der Waals surface area contributed by atoms with E-state index in [0.717, 1.165) is 11.4 Å². The molecule has 1 heterocycles. The van der Waals surface area contributed by atoms with E-state index in [4.69, 9.17) is 12.2 Å². The normalized spacial score (nSPS) is 10.6. The summed E-state index contributed by atoms with van der Waals surface area (Å²) in [5.41, 5.74) is 2.59. The van der Waals surface area contributed by atoms with Gasteiger partial charge >= 0.3 is 0 Å². The number of hydrogen-bond donors (Lipinski definition) is 1. The fraction of sp³-hybridized carbons (Fsp3) is 0.167. The molecule has 0 amide bonds. The van der Waals surface area contributed by atoms with Gasteiger partial charge in [-0.1, -0.05) is 18.3 Å². The molecule has 0 aliphatic carbocycles. The predicted molar refractivity (Wildman–Crippen MR) is 72.0 cm³/mol. The minimum Gasteiger partial charge on any atom is -0.347 e. The van der Waals surface area contributed by atoms with Crippen LogP contribution in [0.25, 0.3) is 11.3 Å². The highest BCUT2D eigenvalue weighted by Gasteiger charge is 2.12. The predicted octanol–water partition coefficient (Wildman–Crippen LogP) is 4.32. The average Bonchev–Trinajstić information content (AvgIpc) is 2.28. The van der Waals surface area contributed by atoms with Crippen LogP contribution in [0.4, 0.5) is 4.39 Å². The molecule has 0 unspecified atom stereocenters. The second-order valence-corrected chi connectivity index (χ2v) is 4.99. The summed E-state index contributed by atoms with van der Waals surface area (Å²) in [4.78, 5) is 7.37. The van der Waals surface area contributed by atoms with Gasteiger partial charge in [-0.3, -0.25) is 0 Å². The maximum absolute atomic E-state index is 14.0. The fourth-order valence-electron chi connectivity index (χ4n) is 1.49. The summed E-state index contributed by atoms with van der Waals surface area (Å²) in [6.45, 7) is 3.75. The molecule has 1 aromatic heterocycles. The van der Waals surface area contributed by atoms with Gasteiger partial charge in [-0.05, 0) is 41.9 Å². The van der Waals surface area contributed by atoms with Gasteiger partial charge in [-0.25, -0.2) is 9.37 Å². The molecule has 0 bridgehead atoms. The number of H-pyrrole nitrogens is 1. The zero-order valence-electron chi connectivity index (χ0n) is 9.34. The van der Waals surface area contributed by atoms with Crippen LogP contribution in [0.2, 0.25) is 0 Å². The summed E-state index contributed by atoms with van der Waals surface area (Å²) in [5, 5.41) is 0. The average molecular weight is 313 g/mol. The number of halogens is 2.